The van der Waals surface area contributed by atoms with Gasteiger partial charge in [0.2, 0.25) is 15.9 Å². The number of amides is 1. The Labute approximate surface area is 190 Å². The molecular formula is C26H28N2O3S. The van der Waals surface area contributed by atoms with Crippen LogP contribution in [0.4, 0.5) is 5.69 Å². The minimum Gasteiger partial charge on any atom is -0.312 e. The average molecular weight is 449 g/mol. The number of aryl methyl sites for hydroxylation is 2. The number of carbonyl (C=O) groups is 1. The summed E-state index contributed by atoms with van der Waals surface area (Å²) in [5, 5.41) is 0. The number of sulfonamides is 1. The van der Waals surface area contributed by atoms with Crippen LogP contribution in [0.25, 0.3) is 0 Å². The molecule has 5 nitrogen and oxygen atoms in total. The fourth-order valence-electron chi connectivity index (χ4n) is 4.32. The number of hydrogen-bond donors (Lipinski definition) is 1. The lowest BCUT2D eigenvalue weighted by atomic mass is 9.95. The van der Waals surface area contributed by atoms with Crippen LogP contribution in [0.3, 0.4) is 0 Å². The van der Waals surface area contributed by atoms with Crippen LogP contribution in [0.2, 0.25) is 0 Å². The lowest BCUT2D eigenvalue weighted by Crippen LogP contribution is -2.30. The molecule has 6 heteroatoms. The standard InChI is InChI=1S/C26H28N2O3S/c1-4-25(29)28-15-14-21-17-22(11-13-24(21)28)32(30,31)27-26(20-8-6-5-7-9-20)23-12-10-18(2)16-19(23)3/h5-13,16-17,26-27H,4,14-15H2,1-3H3/t26-/m0/s1. The summed E-state index contributed by atoms with van der Waals surface area (Å²) in [6.07, 6.45) is 1.08. The highest BCUT2D eigenvalue weighted by Crippen LogP contribution is 2.32. The maximum absolute atomic E-state index is 13.4. The second kappa shape index (κ2) is 8.88. The smallest absolute Gasteiger partial charge is 0.241 e. The molecule has 3 aromatic carbocycles. The molecule has 4 rings (SSSR count). The monoisotopic (exact) mass is 448 g/mol. The molecule has 3 aromatic rings. The summed E-state index contributed by atoms with van der Waals surface area (Å²) in [5.74, 6) is 0.0523. The minimum absolute atomic E-state index is 0.0523. The maximum Gasteiger partial charge on any atom is 0.241 e. The van der Waals surface area contributed by atoms with Gasteiger partial charge in [0.25, 0.3) is 0 Å². The fourth-order valence-corrected chi connectivity index (χ4v) is 5.58. The van der Waals surface area contributed by atoms with Crippen LogP contribution in [0, 0.1) is 13.8 Å². The molecule has 0 fully saturated rings. The first-order valence-electron chi connectivity index (χ1n) is 10.9. The van der Waals surface area contributed by atoms with Crippen LogP contribution in [0.15, 0.2) is 71.6 Å². The predicted octanol–water partition coefficient (Wildman–Crippen LogP) is 4.67. The summed E-state index contributed by atoms with van der Waals surface area (Å²) in [7, 11) is -3.80. The second-order valence-corrected chi connectivity index (χ2v) is 9.98. The Hall–Kier alpha value is -2.96. The van der Waals surface area contributed by atoms with E-state index in [0.29, 0.717) is 19.4 Å². The van der Waals surface area contributed by atoms with E-state index >= 15 is 0 Å². The van der Waals surface area contributed by atoms with Gasteiger partial charge in [-0.15, -0.1) is 0 Å². The van der Waals surface area contributed by atoms with Gasteiger partial charge in [0, 0.05) is 18.7 Å². The third-order valence-electron chi connectivity index (χ3n) is 6.00. The van der Waals surface area contributed by atoms with Gasteiger partial charge < -0.3 is 4.90 Å². The van der Waals surface area contributed by atoms with Crippen molar-refractivity contribution < 1.29 is 13.2 Å². The van der Waals surface area contributed by atoms with Crippen LogP contribution in [-0.4, -0.2) is 20.9 Å². The Bertz CT molecular complexity index is 1250. The zero-order valence-corrected chi connectivity index (χ0v) is 19.4. The van der Waals surface area contributed by atoms with Gasteiger partial charge in [0.05, 0.1) is 10.9 Å². The molecule has 1 atom stereocenters. The van der Waals surface area contributed by atoms with E-state index in [4.69, 9.17) is 0 Å². The van der Waals surface area contributed by atoms with Gasteiger partial charge in [0.15, 0.2) is 0 Å². The Kier molecular flexibility index (Phi) is 6.17. The highest BCUT2D eigenvalue weighted by Gasteiger charge is 2.28. The molecule has 0 unspecified atom stereocenters. The van der Waals surface area contributed by atoms with Gasteiger partial charge in [-0.05, 0) is 60.7 Å². The molecule has 0 bridgehead atoms. The van der Waals surface area contributed by atoms with E-state index in [1.54, 1.807) is 23.1 Å². The summed E-state index contributed by atoms with van der Waals surface area (Å²) >= 11 is 0. The number of nitrogens with zero attached hydrogens (tertiary/aromatic N) is 1. The summed E-state index contributed by atoms with van der Waals surface area (Å²) in [6, 6.07) is 20.2. The van der Waals surface area contributed by atoms with Crippen molar-refractivity contribution in [3.8, 4) is 0 Å². The van der Waals surface area contributed by atoms with Crippen LogP contribution >= 0.6 is 0 Å². The Morgan fingerprint density at radius 1 is 1.03 bits per heavy atom. The minimum atomic E-state index is -3.80. The van der Waals surface area contributed by atoms with E-state index < -0.39 is 16.1 Å². The van der Waals surface area contributed by atoms with Gasteiger partial charge in [-0.25, -0.2) is 8.42 Å². The van der Waals surface area contributed by atoms with Crippen LogP contribution in [-0.2, 0) is 21.2 Å². The zero-order chi connectivity index (χ0) is 22.9. The number of hydrogen-bond acceptors (Lipinski definition) is 3. The lowest BCUT2D eigenvalue weighted by Gasteiger charge is -2.22. The highest BCUT2D eigenvalue weighted by molar-refractivity contribution is 7.89. The molecule has 1 aliphatic rings. The molecule has 32 heavy (non-hydrogen) atoms. The number of fused-ring (bicyclic) bond motifs is 1. The van der Waals surface area contributed by atoms with E-state index in [2.05, 4.69) is 10.8 Å². The number of benzene rings is 3. The third-order valence-corrected chi connectivity index (χ3v) is 7.42. The largest absolute Gasteiger partial charge is 0.312 e. The molecule has 166 valence electrons. The maximum atomic E-state index is 13.4. The first kappa shape index (κ1) is 22.2. The molecule has 1 aliphatic heterocycles. The van der Waals surface area contributed by atoms with Crippen molar-refractivity contribution in [2.45, 2.75) is 44.6 Å². The number of anilines is 1. The van der Waals surface area contributed by atoms with E-state index in [1.165, 1.54) is 0 Å². The Morgan fingerprint density at radius 2 is 1.78 bits per heavy atom. The van der Waals surface area contributed by atoms with Crippen LogP contribution in [0.5, 0.6) is 0 Å². The lowest BCUT2D eigenvalue weighted by molar-refractivity contribution is -0.118. The Morgan fingerprint density at radius 3 is 2.47 bits per heavy atom. The van der Waals surface area contributed by atoms with Gasteiger partial charge in [-0.2, -0.15) is 4.72 Å². The van der Waals surface area contributed by atoms with Crippen molar-refractivity contribution >= 4 is 21.6 Å². The molecule has 0 aliphatic carbocycles. The van der Waals surface area contributed by atoms with Crippen LogP contribution < -0.4 is 9.62 Å². The van der Waals surface area contributed by atoms with Crippen molar-refractivity contribution in [1.82, 2.24) is 4.72 Å². The summed E-state index contributed by atoms with van der Waals surface area (Å²) in [4.78, 5) is 14.1. The molecule has 1 heterocycles. The summed E-state index contributed by atoms with van der Waals surface area (Å²) < 4.78 is 29.8. The Balaban J connectivity index is 1.70. The number of rotatable bonds is 6. The first-order chi connectivity index (χ1) is 15.3. The van der Waals surface area contributed by atoms with Gasteiger partial charge >= 0.3 is 0 Å². The topological polar surface area (TPSA) is 66.5 Å². The van der Waals surface area contributed by atoms with E-state index in [9.17, 15) is 13.2 Å². The van der Waals surface area contributed by atoms with Crippen molar-refractivity contribution in [3.05, 3.63) is 94.5 Å². The molecule has 0 saturated heterocycles. The molecule has 0 radical (unpaired) electrons. The van der Waals surface area contributed by atoms with Gasteiger partial charge in [-0.3, -0.25) is 4.79 Å². The number of carbonyl (C=O) groups excluding carboxylic acids is 1. The molecule has 1 N–H and O–H groups in total. The van der Waals surface area contributed by atoms with Crippen molar-refractivity contribution in [2.24, 2.45) is 0 Å². The van der Waals surface area contributed by atoms with E-state index in [1.807, 2.05) is 63.2 Å². The van der Waals surface area contributed by atoms with Gasteiger partial charge in [-0.1, -0.05) is 61.0 Å². The molecular weight excluding hydrogens is 420 g/mol. The van der Waals surface area contributed by atoms with Crippen LogP contribution in [0.1, 0.15) is 47.2 Å². The van der Waals surface area contributed by atoms with E-state index in [0.717, 1.165) is 33.5 Å². The SMILES string of the molecule is CCC(=O)N1CCc2cc(S(=O)(=O)N[C@@H](c3ccccc3)c3ccc(C)cc3C)ccc21. The quantitative estimate of drug-likeness (QED) is 0.596. The van der Waals surface area contributed by atoms with E-state index in [-0.39, 0.29) is 10.8 Å². The van der Waals surface area contributed by atoms with Crippen molar-refractivity contribution in [2.75, 3.05) is 11.4 Å². The zero-order valence-electron chi connectivity index (χ0n) is 18.6. The molecule has 1 amide bonds. The van der Waals surface area contributed by atoms with Gasteiger partial charge in [0.1, 0.15) is 0 Å². The molecule has 0 saturated carbocycles. The van der Waals surface area contributed by atoms with Crippen molar-refractivity contribution in [1.29, 1.82) is 0 Å². The predicted molar refractivity (Wildman–Crippen MR) is 127 cm³/mol. The van der Waals surface area contributed by atoms with Crippen molar-refractivity contribution in [3.63, 3.8) is 0 Å². The third kappa shape index (κ3) is 4.33. The average Bonchev–Trinajstić information content (AvgIpc) is 3.21. The highest BCUT2D eigenvalue weighted by atomic mass is 32.2. The fraction of sp³-hybridized carbons (Fsp3) is 0.269. The first-order valence-corrected chi connectivity index (χ1v) is 12.4. The summed E-state index contributed by atoms with van der Waals surface area (Å²) in [5.41, 5.74) is 5.66. The summed E-state index contributed by atoms with van der Waals surface area (Å²) in [6.45, 7) is 6.45. The number of nitrogens with one attached hydrogen (secondary N) is 1. The normalized spacial score (nSPS) is 14.3. The molecule has 0 aromatic heterocycles. The second-order valence-electron chi connectivity index (χ2n) is 8.26. The molecule has 0 spiro atoms.